The van der Waals surface area contributed by atoms with Crippen molar-refractivity contribution in [3.05, 3.63) is 48.9 Å². The van der Waals surface area contributed by atoms with Crippen LogP contribution in [0.4, 0.5) is 0 Å². The molecule has 0 aliphatic carbocycles. The molecule has 98 valence electrons. The predicted octanol–water partition coefficient (Wildman–Crippen LogP) is 1.69. The molecule has 0 saturated carbocycles. The van der Waals surface area contributed by atoms with Gasteiger partial charge in [-0.2, -0.15) is 0 Å². The number of fused-ring (bicyclic) bond motifs is 1. The van der Waals surface area contributed by atoms with Gasteiger partial charge in [0.1, 0.15) is 4.83 Å². The Morgan fingerprint density at radius 1 is 1.26 bits per heavy atom. The van der Waals surface area contributed by atoms with Crippen LogP contribution in [-0.4, -0.2) is 14.1 Å². The smallest absolute Gasteiger partial charge is 0.302 e. The van der Waals surface area contributed by atoms with E-state index in [0.717, 1.165) is 10.5 Å². The molecule has 0 unspecified atom stereocenters. The van der Waals surface area contributed by atoms with Crippen molar-refractivity contribution in [3.8, 4) is 0 Å². The van der Waals surface area contributed by atoms with Gasteiger partial charge in [-0.25, -0.2) is 4.98 Å². The van der Waals surface area contributed by atoms with Gasteiger partial charge in [0, 0.05) is 24.2 Å². The van der Waals surface area contributed by atoms with Crippen LogP contribution in [0.1, 0.15) is 5.69 Å². The number of rotatable bonds is 3. The second-order valence-electron chi connectivity index (χ2n) is 4.18. The lowest BCUT2D eigenvalue weighted by Crippen LogP contribution is -2.25. The SMILES string of the molecule is Cc1csc(=O)n1CCn1cnc2sccc2c1=O. The van der Waals surface area contributed by atoms with Crippen molar-refractivity contribution in [2.75, 3.05) is 0 Å². The first kappa shape index (κ1) is 12.3. The van der Waals surface area contributed by atoms with Gasteiger partial charge in [-0.15, -0.1) is 11.3 Å². The highest BCUT2D eigenvalue weighted by atomic mass is 32.1. The van der Waals surface area contributed by atoms with E-state index in [-0.39, 0.29) is 10.4 Å². The lowest BCUT2D eigenvalue weighted by atomic mass is 10.4. The van der Waals surface area contributed by atoms with E-state index in [1.165, 1.54) is 22.7 Å². The Labute approximate surface area is 116 Å². The largest absolute Gasteiger partial charge is 0.307 e. The van der Waals surface area contributed by atoms with E-state index in [0.29, 0.717) is 18.5 Å². The summed E-state index contributed by atoms with van der Waals surface area (Å²) in [5.74, 6) is 0. The minimum Gasteiger partial charge on any atom is -0.302 e. The second kappa shape index (κ2) is 4.75. The third-order valence-corrected chi connectivity index (χ3v) is 4.69. The molecule has 3 heterocycles. The highest BCUT2D eigenvalue weighted by molar-refractivity contribution is 7.16. The average molecular weight is 293 g/mol. The Balaban J connectivity index is 1.92. The zero-order valence-corrected chi connectivity index (χ0v) is 11.8. The fourth-order valence-electron chi connectivity index (χ4n) is 1.93. The molecular formula is C12H11N3O2S2. The molecule has 0 N–H and O–H groups in total. The molecule has 0 bridgehead atoms. The number of nitrogens with zero attached hydrogens (tertiary/aromatic N) is 3. The number of thiophene rings is 1. The van der Waals surface area contributed by atoms with Crippen molar-refractivity contribution in [2.24, 2.45) is 0 Å². The van der Waals surface area contributed by atoms with Gasteiger partial charge in [0.25, 0.3) is 5.56 Å². The summed E-state index contributed by atoms with van der Waals surface area (Å²) in [4.78, 5) is 28.8. The number of aryl methyl sites for hydroxylation is 2. The van der Waals surface area contributed by atoms with Gasteiger partial charge in [0.05, 0.1) is 11.7 Å². The normalized spacial score (nSPS) is 11.2. The molecule has 0 fully saturated rings. The Hall–Kier alpha value is -1.73. The molecular weight excluding hydrogens is 282 g/mol. The zero-order valence-electron chi connectivity index (χ0n) is 10.2. The highest BCUT2D eigenvalue weighted by Crippen LogP contribution is 2.13. The van der Waals surface area contributed by atoms with Crippen LogP contribution in [0.2, 0.25) is 0 Å². The number of hydrogen-bond donors (Lipinski definition) is 0. The molecule has 0 aliphatic rings. The summed E-state index contributed by atoms with van der Waals surface area (Å²) in [7, 11) is 0. The fourth-order valence-corrected chi connectivity index (χ4v) is 3.42. The van der Waals surface area contributed by atoms with Gasteiger partial charge >= 0.3 is 4.87 Å². The molecule has 0 amide bonds. The van der Waals surface area contributed by atoms with Crippen molar-refractivity contribution in [3.63, 3.8) is 0 Å². The zero-order chi connectivity index (χ0) is 13.4. The Kier molecular flexibility index (Phi) is 3.08. The first-order valence-electron chi connectivity index (χ1n) is 5.74. The fraction of sp³-hybridized carbons (Fsp3) is 0.250. The summed E-state index contributed by atoms with van der Waals surface area (Å²) in [5, 5.41) is 4.32. The van der Waals surface area contributed by atoms with E-state index in [9.17, 15) is 9.59 Å². The van der Waals surface area contributed by atoms with E-state index in [4.69, 9.17) is 0 Å². The van der Waals surface area contributed by atoms with Crippen LogP contribution < -0.4 is 10.4 Å². The van der Waals surface area contributed by atoms with Crippen LogP contribution in [0.15, 0.2) is 32.7 Å². The first-order valence-corrected chi connectivity index (χ1v) is 7.50. The summed E-state index contributed by atoms with van der Waals surface area (Å²) >= 11 is 2.63. The number of aromatic nitrogens is 3. The van der Waals surface area contributed by atoms with Crippen LogP contribution in [-0.2, 0) is 13.1 Å². The molecule has 3 rings (SSSR count). The first-order chi connectivity index (χ1) is 9.16. The molecule has 0 saturated heterocycles. The number of thiazole rings is 1. The second-order valence-corrected chi connectivity index (χ2v) is 5.89. The van der Waals surface area contributed by atoms with E-state index in [1.54, 1.807) is 21.5 Å². The molecule has 0 aromatic carbocycles. The van der Waals surface area contributed by atoms with Gasteiger partial charge in [0.2, 0.25) is 0 Å². The van der Waals surface area contributed by atoms with Crippen LogP contribution in [0.5, 0.6) is 0 Å². The van der Waals surface area contributed by atoms with Crippen molar-refractivity contribution in [1.29, 1.82) is 0 Å². The van der Waals surface area contributed by atoms with E-state index in [1.807, 2.05) is 17.7 Å². The van der Waals surface area contributed by atoms with Gasteiger partial charge in [-0.1, -0.05) is 11.3 Å². The minimum absolute atomic E-state index is 0.00937. The molecule has 7 heteroatoms. The average Bonchev–Trinajstić information content (AvgIpc) is 2.98. The maximum Gasteiger partial charge on any atom is 0.307 e. The van der Waals surface area contributed by atoms with Gasteiger partial charge in [-0.05, 0) is 18.4 Å². The van der Waals surface area contributed by atoms with Crippen molar-refractivity contribution >= 4 is 32.9 Å². The monoisotopic (exact) mass is 293 g/mol. The van der Waals surface area contributed by atoms with Crippen LogP contribution >= 0.6 is 22.7 Å². The lowest BCUT2D eigenvalue weighted by Gasteiger charge is -2.07. The molecule has 5 nitrogen and oxygen atoms in total. The summed E-state index contributed by atoms with van der Waals surface area (Å²) in [6.45, 7) is 2.83. The maximum absolute atomic E-state index is 12.2. The van der Waals surface area contributed by atoms with Crippen LogP contribution in [0.3, 0.4) is 0 Å². The van der Waals surface area contributed by atoms with Crippen molar-refractivity contribution in [2.45, 2.75) is 20.0 Å². The van der Waals surface area contributed by atoms with Gasteiger partial charge in [-0.3, -0.25) is 14.2 Å². The Morgan fingerprint density at radius 3 is 2.84 bits per heavy atom. The van der Waals surface area contributed by atoms with Crippen LogP contribution in [0.25, 0.3) is 10.2 Å². The molecule has 0 atom stereocenters. The summed E-state index contributed by atoms with van der Waals surface area (Å²) < 4.78 is 3.23. The molecule has 3 aromatic heterocycles. The Morgan fingerprint density at radius 2 is 2.11 bits per heavy atom. The quantitative estimate of drug-likeness (QED) is 0.738. The minimum atomic E-state index is -0.0489. The summed E-state index contributed by atoms with van der Waals surface area (Å²) in [5.41, 5.74) is 0.875. The van der Waals surface area contributed by atoms with Crippen LogP contribution in [0, 0.1) is 6.92 Å². The van der Waals surface area contributed by atoms with E-state index >= 15 is 0 Å². The standard InChI is InChI=1S/C12H11N3O2S2/c1-8-6-19-12(17)15(8)4-3-14-7-13-10-9(11(14)16)2-5-18-10/h2,5-7H,3-4H2,1H3. The highest BCUT2D eigenvalue weighted by Gasteiger charge is 2.06. The van der Waals surface area contributed by atoms with Gasteiger partial charge < -0.3 is 4.57 Å². The topological polar surface area (TPSA) is 56.9 Å². The lowest BCUT2D eigenvalue weighted by molar-refractivity contribution is 0.549. The third kappa shape index (κ3) is 2.15. The third-order valence-electron chi connectivity index (χ3n) is 2.99. The van der Waals surface area contributed by atoms with Crippen molar-refractivity contribution in [1.82, 2.24) is 14.1 Å². The summed E-state index contributed by atoms with van der Waals surface area (Å²) in [6, 6.07) is 1.79. The molecule has 3 aromatic rings. The molecule has 0 radical (unpaired) electrons. The molecule has 19 heavy (non-hydrogen) atoms. The maximum atomic E-state index is 12.2. The van der Waals surface area contributed by atoms with E-state index < -0.39 is 0 Å². The van der Waals surface area contributed by atoms with Crippen molar-refractivity contribution < 1.29 is 0 Å². The van der Waals surface area contributed by atoms with Gasteiger partial charge in [0.15, 0.2) is 0 Å². The number of hydrogen-bond acceptors (Lipinski definition) is 5. The molecule has 0 aliphatic heterocycles. The predicted molar refractivity (Wildman–Crippen MR) is 77.2 cm³/mol. The Bertz CT molecular complexity index is 840. The van der Waals surface area contributed by atoms with E-state index in [2.05, 4.69) is 4.98 Å². The molecule has 0 spiro atoms. The summed E-state index contributed by atoms with van der Waals surface area (Å²) in [6.07, 6.45) is 1.55.